The molecule has 1 aromatic rings. The van der Waals surface area contributed by atoms with E-state index in [2.05, 4.69) is 22.5 Å². The van der Waals surface area contributed by atoms with E-state index in [9.17, 15) is 9.59 Å². The maximum absolute atomic E-state index is 11.3. The van der Waals surface area contributed by atoms with Crippen molar-refractivity contribution in [1.82, 2.24) is 15.6 Å². The maximum Gasteiger partial charge on any atom is 0.246 e. The lowest BCUT2D eigenvalue weighted by Crippen LogP contribution is -2.51. The fraction of sp³-hybridized carbons (Fsp3) is 0.462. The second-order valence-corrected chi connectivity index (χ2v) is 4.52. The SMILES string of the molecule is CCC(NC)c1ccc(N2CC(=O)NC(=O)C2)cn1. The molecule has 0 bridgehead atoms. The van der Waals surface area contributed by atoms with E-state index in [1.54, 1.807) is 11.1 Å². The van der Waals surface area contributed by atoms with Gasteiger partial charge in [0.05, 0.1) is 30.7 Å². The van der Waals surface area contributed by atoms with Gasteiger partial charge in [-0.15, -0.1) is 0 Å². The van der Waals surface area contributed by atoms with Crippen LogP contribution in [0.4, 0.5) is 5.69 Å². The summed E-state index contributed by atoms with van der Waals surface area (Å²) in [4.78, 5) is 28.8. The molecule has 1 saturated heterocycles. The summed E-state index contributed by atoms with van der Waals surface area (Å²) in [6, 6.07) is 4.05. The highest BCUT2D eigenvalue weighted by molar-refractivity contribution is 6.02. The highest BCUT2D eigenvalue weighted by Gasteiger charge is 2.22. The molecule has 0 saturated carbocycles. The van der Waals surface area contributed by atoms with E-state index in [1.807, 2.05) is 19.2 Å². The van der Waals surface area contributed by atoms with E-state index >= 15 is 0 Å². The Balaban J connectivity index is 2.13. The maximum atomic E-state index is 11.3. The van der Waals surface area contributed by atoms with Crippen molar-refractivity contribution < 1.29 is 9.59 Å². The zero-order chi connectivity index (χ0) is 13.8. The van der Waals surface area contributed by atoms with E-state index in [1.165, 1.54) is 0 Å². The molecule has 0 radical (unpaired) electrons. The first kappa shape index (κ1) is 13.5. The predicted octanol–water partition coefficient (Wildman–Crippen LogP) is 0.215. The molecule has 1 aliphatic heterocycles. The fourth-order valence-electron chi connectivity index (χ4n) is 2.17. The van der Waals surface area contributed by atoms with Crippen LogP contribution in [0.2, 0.25) is 0 Å². The number of hydrogen-bond acceptors (Lipinski definition) is 5. The zero-order valence-corrected chi connectivity index (χ0v) is 11.1. The van der Waals surface area contributed by atoms with Crippen molar-refractivity contribution in [3.63, 3.8) is 0 Å². The van der Waals surface area contributed by atoms with E-state index in [0.29, 0.717) is 0 Å². The molecule has 2 rings (SSSR count). The molecule has 6 heteroatoms. The van der Waals surface area contributed by atoms with Gasteiger partial charge in [0.25, 0.3) is 0 Å². The highest BCUT2D eigenvalue weighted by Crippen LogP contribution is 2.18. The van der Waals surface area contributed by atoms with Crippen molar-refractivity contribution in [2.24, 2.45) is 0 Å². The Hall–Kier alpha value is -1.95. The normalized spacial score (nSPS) is 17.3. The highest BCUT2D eigenvalue weighted by atomic mass is 16.2. The van der Waals surface area contributed by atoms with Crippen LogP contribution in [0.25, 0.3) is 0 Å². The molecule has 6 nitrogen and oxygen atoms in total. The minimum Gasteiger partial charge on any atom is -0.352 e. The standard InChI is InChI=1S/C13H18N4O2/c1-3-10(14-2)11-5-4-9(6-15-11)17-7-12(18)16-13(19)8-17/h4-6,10,14H,3,7-8H2,1-2H3,(H,16,18,19). The summed E-state index contributed by atoms with van der Waals surface area (Å²) < 4.78 is 0. The Labute approximate surface area is 112 Å². The topological polar surface area (TPSA) is 74.3 Å². The lowest BCUT2D eigenvalue weighted by Gasteiger charge is -2.27. The first-order chi connectivity index (χ1) is 9.13. The van der Waals surface area contributed by atoms with Crippen LogP contribution in [-0.4, -0.2) is 36.9 Å². The monoisotopic (exact) mass is 262 g/mol. The molecule has 1 unspecified atom stereocenters. The van der Waals surface area contributed by atoms with Crippen molar-refractivity contribution in [3.8, 4) is 0 Å². The van der Waals surface area contributed by atoms with Gasteiger partial charge in [0.15, 0.2) is 0 Å². The van der Waals surface area contributed by atoms with E-state index in [4.69, 9.17) is 0 Å². The number of rotatable bonds is 4. The van der Waals surface area contributed by atoms with E-state index in [0.717, 1.165) is 17.8 Å². The number of imide groups is 1. The molecule has 1 aromatic heterocycles. The number of nitrogens with one attached hydrogen (secondary N) is 2. The number of hydrogen-bond donors (Lipinski definition) is 2. The van der Waals surface area contributed by atoms with Gasteiger partial charge in [-0.05, 0) is 25.6 Å². The molecule has 2 amide bonds. The van der Waals surface area contributed by atoms with Crippen LogP contribution >= 0.6 is 0 Å². The van der Waals surface area contributed by atoms with Gasteiger partial charge in [0.1, 0.15) is 0 Å². The van der Waals surface area contributed by atoms with Gasteiger partial charge in [-0.3, -0.25) is 19.9 Å². The van der Waals surface area contributed by atoms with Gasteiger partial charge < -0.3 is 10.2 Å². The second-order valence-electron chi connectivity index (χ2n) is 4.52. The number of pyridine rings is 1. The molecule has 0 spiro atoms. The summed E-state index contributed by atoms with van der Waals surface area (Å²) in [7, 11) is 1.90. The number of aromatic nitrogens is 1. The minimum absolute atomic E-state index is 0.190. The quantitative estimate of drug-likeness (QED) is 0.759. The number of amides is 2. The molecule has 0 aliphatic carbocycles. The molecule has 0 aromatic carbocycles. The van der Waals surface area contributed by atoms with Gasteiger partial charge in [0.2, 0.25) is 11.8 Å². The second kappa shape index (κ2) is 5.79. The molecule has 19 heavy (non-hydrogen) atoms. The average Bonchev–Trinajstić information content (AvgIpc) is 2.40. The number of carbonyl (C=O) groups is 2. The van der Waals surface area contributed by atoms with Crippen LogP contribution in [0.3, 0.4) is 0 Å². The zero-order valence-electron chi connectivity index (χ0n) is 11.1. The van der Waals surface area contributed by atoms with Crippen LogP contribution in [0, 0.1) is 0 Å². The van der Waals surface area contributed by atoms with Crippen LogP contribution in [-0.2, 0) is 9.59 Å². The van der Waals surface area contributed by atoms with E-state index in [-0.39, 0.29) is 30.9 Å². The van der Waals surface area contributed by atoms with Crippen LogP contribution in [0.1, 0.15) is 25.1 Å². The lowest BCUT2D eigenvalue weighted by atomic mass is 10.1. The summed E-state index contributed by atoms with van der Waals surface area (Å²) in [5.41, 5.74) is 1.75. The third-order valence-electron chi connectivity index (χ3n) is 3.20. The van der Waals surface area contributed by atoms with Gasteiger partial charge >= 0.3 is 0 Å². The fourth-order valence-corrected chi connectivity index (χ4v) is 2.17. The number of nitrogens with zero attached hydrogens (tertiary/aromatic N) is 2. The number of anilines is 1. The predicted molar refractivity (Wildman–Crippen MR) is 71.7 cm³/mol. The van der Waals surface area contributed by atoms with Gasteiger partial charge in [0, 0.05) is 6.04 Å². The van der Waals surface area contributed by atoms with Crippen LogP contribution in [0.5, 0.6) is 0 Å². The molecule has 102 valence electrons. The van der Waals surface area contributed by atoms with Crippen molar-refractivity contribution in [2.45, 2.75) is 19.4 Å². The summed E-state index contributed by atoms with van der Waals surface area (Å²) in [6.07, 6.45) is 2.66. The first-order valence-corrected chi connectivity index (χ1v) is 6.35. The number of piperazine rings is 1. The summed E-state index contributed by atoms with van der Waals surface area (Å²) >= 11 is 0. The lowest BCUT2D eigenvalue weighted by molar-refractivity contribution is -0.130. The smallest absolute Gasteiger partial charge is 0.246 e. The summed E-state index contributed by atoms with van der Waals surface area (Å²) in [5, 5.41) is 5.46. The molecule has 1 aliphatic rings. The van der Waals surface area contributed by atoms with Gasteiger partial charge in [-0.25, -0.2) is 0 Å². The third kappa shape index (κ3) is 3.08. The van der Waals surface area contributed by atoms with Crippen molar-refractivity contribution in [3.05, 3.63) is 24.0 Å². The average molecular weight is 262 g/mol. The summed E-state index contributed by atoms with van der Waals surface area (Å²) in [6.45, 7) is 2.47. The van der Waals surface area contributed by atoms with E-state index < -0.39 is 0 Å². The Bertz CT molecular complexity index is 452. The third-order valence-corrected chi connectivity index (χ3v) is 3.20. The molecular formula is C13H18N4O2. The minimum atomic E-state index is -0.276. The van der Waals surface area contributed by atoms with Gasteiger partial charge in [-0.1, -0.05) is 6.92 Å². The molecule has 2 N–H and O–H groups in total. The Morgan fingerprint density at radius 3 is 2.53 bits per heavy atom. The molecule has 1 fully saturated rings. The Morgan fingerprint density at radius 1 is 1.37 bits per heavy atom. The molecular weight excluding hydrogens is 244 g/mol. The molecule has 2 heterocycles. The Kier molecular flexibility index (Phi) is 4.11. The van der Waals surface area contributed by atoms with Crippen LogP contribution < -0.4 is 15.5 Å². The Morgan fingerprint density at radius 2 is 2.05 bits per heavy atom. The largest absolute Gasteiger partial charge is 0.352 e. The van der Waals surface area contributed by atoms with Crippen molar-refractivity contribution in [1.29, 1.82) is 0 Å². The van der Waals surface area contributed by atoms with Gasteiger partial charge in [-0.2, -0.15) is 0 Å². The van der Waals surface area contributed by atoms with Crippen molar-refractivity contribution in [2.75, 3.05) is 25.0 Å². The summed E-state index contributed by atoms with van der Waals surface area (Å²) in [5.74, 6) is -0.552. The number of carbonyl (C=O) groups excluding carboxylic acids is 2. The van der Waals surface area contributed by atoms with Crippen LogP contribution in [0.15, 0.2) is 18.3 Å². The molecule has 1 atom stereocenters. The first-order valence-electron chi connectivity index (χ1n) is 6.35. The van der Waals surface area contributed by atoms with Crippen molar-refractivity contribution >= 4 is 17.5 Å².